The number of hydrogen-bond acceptors (Lipinski definition) is 5. The molecule has 1 saturated heterocycles. The maximum atomic E-state index is 12.9. The van der Waals surface area contributed by atoms with Gasteiger partial charge in [-0.2, -0.15) is 0 Å². The molecule has 1 aromatic heterocycles. The minimum Gasteiger partial charge on any atom is -0.711 e. The van der Waals surface area contributed by atoms with Gasteiger partial charge in [0, 0.05) is 20.4 Å². The topological polar surface area (TPSA) is 110 Å². The van der Waals surface area contributed by atoms with Gasteiger partial charge in [0.15, 0.2) is 0 Å². The van der Waals surface area contributed by atoms with Crippen molar-refractivity contribution in [2.45, 2.75) is 46.6 Å². The molecule has 2 N–H and O–H groups in total. The van der Waals surface area contributed by atoms with Crippen molar-refractivity contribution in [3.05, 3.63) is 22.4 Å². The van der Waals surface area contributed by atoms with E-state index in [1.165, 1.54) is 0 Å². The predicted molar refractivity (Wildman–Crippen MR) is 98.8 cm³/mol. The van der Waals surface area contributed by atoms with Crippen LogP contribution in [-0.4, -0.2) is 48.0 Å². The highest BCUT2D eigenvalue weighted by molar-refractivity contribution is 6.16. The summed E-state index contributed by atoms with van der Waals surface area (Å²) in [4.78, 5) is 38.3. The Labute approximate surface area is 159 Å². The molecule has 0 radical (unpaired) electrons. The van der Waals surface area contributed by atoms with Crippen molar-refractivity contribution >= 4 is 17.8 Å². The van der Waals surface area contributed by atoms with Crippen LogP contribution in [0, 0.1) is 30.9 Å². The molecular formula is C18H29N5O4. The van der Waals surface area contributed by atoms with Gasteiger partial charge >= 0.3 is 6.03 Å². The van der Waals surface area contributed by atoms with Crippen LogP contribution in [0.5, 0.6) is 0 Å². The molecule has 4 amide bonds. The first kappa shape index (κ1) is 20.9. The first-order chi connectivity index (χ1) is 12.6. The fourth-order valence-electron chi connectivity index (χ4n) is 3.63. The third-order valence-electron chi connectivity index (χ3n) is 5.12. The van der Waals surface area contributed by atoms with Gasteiger partial charge in [0.2, 0.25) is 11.8 Å². The van der Waals surface area contributed by atoms with Crippen LogP contribution in [0.25, 0.3) is 0 Å². The summed E-state index contributed by atoms with van der Waals surface area (Å²) >= 11 is 0. The van der Waals surface area contributed by atoms with Gasteiger partial charge in [0.25, 0.3) is 5.82 Å². The number of carbonyl (C=O) groups excluding carboxylic acids is 3. The number of rotatable bonds is 7. The molecule has 0 aromatic carbocycles. The molecule has 0 bridgehead atoms. The lowest BCUT2D eigenvalue weighted by Gasteiger charge is -2.29. The Balaban J connectivity index is 2.50. The second kappa shape index (κ2) is 8.08. The molecule has 27 heavy (non-hydrogen) atoms. The molecule has 9 heteroatoms. The van der Waals surface area contributed by atoms with Gasteiger partial charge < -0.3 is 10.1 Å². The van der Waals surface area contributed by atoms with Crippen LogP contribution in [0.2, 0.25) is 0 Å². The largest absolute Gasteiger partial charge is 0.711 e. The average molecular weight is 379 g/mol. The van der Waals surface area contributed by atoms with E-state index in [1.54, 1.807) is 6.92 Å². The molecule has 1 aromatic rings. The molecule has 0 spiro atoms. The lowest BCUT2D eigenvalue weighted by Crippen LogP contribution is -2.58. The Morgan fingerprint density at radius 1 is 1.15 bits per heavy atom. The van der Waals surface area contributed by atoms with Crippen LogP contribution in [0.15, 0.2) is 0 Å². The number of nitrogens with one attached hydrogen (secondary N) is 2. The van der Waals surface area contributed by atoms with Gasteiger partial charge in [-0.25, -0.2) is 14.1 Å². The minimum atomic E-state index is -1.14. The standard InChI is InChI=1S/C18H29N5O4/c1-10(2)13(14-15(24)19-18(26)20-16(14)25)17-22(9-7-8-21(5)6)11(3)12(4)23(17)27/h10,13-14H,7-9H2,1-6H3,(H2,19,20,24,25,26)/t13-/m0/s1. The van der Waals surface area contributed by atoms with Crippen molar-refractivity contribution in [3.63, 3.8) is 0 Å². The van der Waals surface area contributed by atoms with Crippen LogP contribution < -0.4 is 15.4 Å². The third kappa shape index (κ3) is 4.13. The second-order valence-electron chi connectivity index (χ2n) is 7.69. The van der Waals surface area contributed by atoms with Gasteiger partial charge in [0.05, 0.1) is 12.5 Å². The van der Waals surface area contributed by atoms with Crippen molar-refractivity contribution in [3.8, 4) is 0 Å². The smallest absolute Gasteiger partial charge is 0.328 e. The first-order valence-corrected chi connectivity index (χ1v) is 9.15. The summed E-state index contributed by atoms with van der Waals surface area (Å²) in [6, 6.07) is -0.826. The highest BCUT2D eigenvalue weighted by atomic mass is 16.5. The zero-order valence-corrected chi connectivity index (χ0v) is 16.8. The van der Waals surface area contributed by atoms with Gasteiger partial charge in [-0.05, 0) is 26.4 Å². The zero-order valence-electron chi connectivity index (χ0n) is 16.8. The molecule has 1 atom stereocenters. The summed E-state index contributed by atoms with van der Waals surface area (Å²) in [7, 11) is 3.96. The Hall–Kier alpha value is -2.42. The number of carbonyl (C=O) groups is 3. The highest BCUT2D eigenvalue weighted by Gasteiger charge is 2.47. The number of hydrogen-bond donors (Lipinski definition) is 2. The minimum absolute atomic E-state index is 0.166. The van der Waals surface area contributed by atoms with Crippen LogP contribution in [0.1, 0.15) is 43.4 Å². The van der Waals surface area contributed by atoms with E-state index < -0.39 is 29.7 Å². The monoisotopic (exact) mass is 379 g/mol. The lowest BCUT2D eigenvalue weighted by atomic mass is 9.80. The van der Waals surface area contributed by atoms with E-state index >= 15 is 0 Å². The Bertz CT molecular complexity index is 733. The van der Waals surface area contributed by atoms with Crippen molar-refractivity contribution in [2.24, 2.45) is 11.8 Å². The second-order valence-corrected chi connectivity index (χ2v) is 7.69. The van der Waals surface area contributed by atoms with E-state index in [0.29, 0.717) is 18.1 Å². The van der Waals surface area contributed by atoms with E-state index in [4.69, 9.17) is 0 Å². The summed E-state index contributed by atoms with van der Waals surface area (Å²) in [6.45, 7) is 8.78. The van der Waals surface area contributed by atoms with Gasteiger partial charge in [-0.1, -0.05) is 13.8 Å². The number of urea groups is 1. The first-order valence-electron chi connectivity index (χ1n) is 9.15. The average Bonchev–Trinajstić information content (AvgIpc) is 2.74. The number of barbiturate groups is 1. The molecule has 2 rings (SSSR count). The number of imidazole rings is 1. The summed E-state index contributed by atoms with van der Waals surface area (Å²) in [5, 5.41) is 17.2. The van der Waals surface area contributed by atoms with Gasteiger partial charge in [0.1, 0.15) is 17.3 Å². The quantitative estimate of drug-likeness (QED) is 0.405. The van der Waals surface area contributed by atoms with Crippen molar-refractivity contribution in [1.29, 1.82) is 0 Å². The number of aromatic nitrogens is 2. The molecule has 150 valence electrons. The lowest BCUT2D eigenvalue weighted by molar-refractivity contribution is -0.622. The maximum Gasteiger partial charge on any atom is 0.328 e. The van der Waals surface area contributed by atoms with Crippen LogP contribution in [-0.2, 0) is 16.1 Å². The Kier molecular flexibility index (Phi) is 6.25. The fraction of sp³-hybridized carbons (Fsp3) is 0.667. The van der Waals surface area contributed by atoms with E-state index in [9.17, 15) is 19.6 Å². The Morgan fingerprint density at radius 3 is 2.19 bits per heavy atom. The predicted octanol–water partition coefficient (Wildman–Crippen LogP) is 0.412. The molecule has 0 saturated carbocycles. The SMILES string of the molecule is Cc1c(C)[n+]([O-])c([C@@H](C(C)C)C2C(=O)NC(=O)NC2=O)n1CCCN(C)C. The number of nitrogens with zero attached hydrogens (tertiary/aromatic N) is 3. The van der Waals surface area contributed by atoms with Crippen molar-refractivity contribution in [1.82, 2.24) is 20.1 Å². The molecular weight excluding hydrogens is 350 g/mol. The molecule has 1 fully saturated rings. The van der Waals surface area contributed by atoms with E-state index in [1.807, 2.05) is 39.4 Å². The number of amides is 4. The maximum absolute atomic E-state index is 12.9. The van der Waals surface area contributed by atoms with Crippen LogP contribution in [0.4, 0.5) is 4.79 Å². The van der Waals surface area contributed by atoms with Crippen molar-refractivity contribution < 1.29 is 19.1 Å². The van der Waals surface area contributed by atoms with E-state index in [2.05, 4.69) is 15.5 Å². The van der Waals surface area contributed by atoms with Gasteiger partial charge in [-0.15, -0.1) is 0 Å². The normalized spacial score (nSPS) is 16.8. The molecule has 9 nitrogen and oxygen atoms in total. The molecule has 0 aliphatic carbocycles. The molecule has 2 heterocycles. The van der Waals surface area contributed by atoms with Gasteiger partial charge in [-0.3, -0.25) is 20.2 Å². The van der Waals surface area contributed by atoms with Crippen LogP contribution >= 0.6 is 0 Å². The van der Waals surface area contributed by atoms with E-state index in [0.717, 1.165) is 23.4 Å². The zero-order chi connectivity index (χ0) is 20.5. The molecule has 0 unspecified atom stereocenters. The van der Waals surface area contributed by atoms with Crippen LogP contribution in [0.3, 0.4) is 0 Å². The summed E-state index contributed by atoms with van der Waals surface area (Å²) in [5.41, 5.74) is 1.37. The Morgan fingerprint density at radius 2 is 1.70 bits per heavy atom. The fourth-order valence-corrected chi connectivity index (χ4v) is 3.63. The summed E-state index contributed by atoms with van der Waals surface area (Å²) in [5.74, 6) is -2.89. The number of imide groups is 2. The molecule has 1 aliphatic rings. The van der Waals surface area contributed by atoms with E-state index in [-0.39, 0.29) is 5.92 Å². The summed E-state index contributed by atoms with van der Waals surface area (Å²) in [6.07, 6.45) is 0.821. The van der Waals surface area contributed by atoms with Crippen molar-refractivity contribution in [2.75, 3.05) is 20.6 Å². The highest BCUT2D eigenvalue weighted by Crippen LogP contribution is 2.33. The third-order valence-corrected chi connectivity index (χ3v) is 5.12. The summed E-state index contributed by atoms with van der Waals surface area (Å²) < 4.78 is 2.74. The molecule has 1 aliphatic heterocycles.